The fraction of sp³-hybridized carbons (Fsp3) is 0.214. The molecule has 3 heterocycles. The number of hydrogen-bond acceptors (Lipinski definition) is 6. The molecule has 0 N–H and O–H groups in total. The predicted octanol–water partition coefficient (Wildman–Crippen LogP) is 2.90. The molecule has 2 aromatic heterocycles. The van der Waals surface area contributed by atoms with Crippen LogP contribution in [0.2, 0.25) is 10.0 Å². The smallest absolute Gasteiger partial charge is 0.255 e. The van der Waals surface area contributed by atoms with Crippen molar-refractivity contribution >= 4 is 40.6 Å². The highest BCUT2D eigenvalue weighted by Crippen LogP contribution is 2.30. The molecule has 0 spiro atoms. The molecule has 25 heavy (non-hydrogen) atoms. The fourth-order valence-corrected chi connectivity index (χ4v) is 3.54. The lowest BCUT2D eigenvalue weighted by molar-refractivity contribution is 0.0708. The van der Waals surface area contributed by atoms with Crippen LogP contribution in [0.15, 0.2) is 18.5 Å². The number of fused-ring (bicyclic) bond motifs is 1. The van der Waals surface area contributed by atoms with Crippen molar-refractivity contribution in [3.8, 4) is 10.8 Å². The summed E-state index contributed by atoms with van der Waals surface area (Å²) in [6, 6.07) is 2.46. The lowest BCUT2D eigenvalue weighted by atomic mass is 10.1. The average Bonchev–Trinajstić information content (AvgIpc) is 3.27. The summed E-state index contributed by atoms with van der Waals surface area (Å²) < 4.78 is 19.3. The topological polar surface area (TPSA) is 76.8 Å². The molecule has 0 saturated carbocycles. The Morgan fingerprint density at radius 2 is 2.04 bits per heavy atom. The number of benzene rings is 1. The monoisotopic (exact) mass is 398 g/mol. The summed E-state index contributed by atoms with van der Waals surface area (Å²) in [6.45, 7) is 1.20. The molecule has 0 saturated heterocycles. The molecule has 1 aliphatic rings. The summed E-state index contributed by atoms with van der Waals surface area (Å²) in [5.41, 5.74) is 0.158. The van der Waals surface area contributed by atoms with Crippen molar-refractivity contribution in [2.45, 2.75) is 13.1 Å². The molecule has 0 unspecified atom stereocenters. The van der Waals surface area contributed by atoms with E-state index >= 15 is 0 Å². The van der Waals surface area contributed by atoms with E-state index < -0.39 is 5.82 Å². The van der Waals surface area contributed by atoms with E-state index in [1.807, 2.05) is 4.57 Å². The van der Waals surface area contributed by atoms with Gasteiger partial charge in [0.1, 0.15) is 12.1 Å². The van der Waals surface area contributed by atoms with Gasteiger partial charge < -0.3 is 9.47 Å². The Balaban J connectivity index is 1.61. The van der Waals surface area contributed by atoms with E-state index in [0.717, 1.165) is 6.07 Å². The van der Waals surface area contributed by atoms with Crippen molar-refractivity contribution < 1.29 is 9.18 Å². The van der Waals surface area contributed by atoms with E-state index in [4.69, 9.17) is 23.2 Å². The van der Waals surface area contributed by atoms with E-state index in [1.54, 1.807) is 4.90 Å². The number of nitrogens with zero attached hydrogens (tertiary/aromatic N) is 6. The molecule has 0 fully saturated rings. The molecule has 1 aromatic carbocycles. The maximum Gasteiger partial charge on any atom is 0.255 e. The Morgan fingerprint density at radius 3 is 2.80 bits per heavy atom. The van der Waals surface area contributed by atoms with Crippen LogP contribution in [0.4, 0.5) is 4.39 Å². The number of rotatable bonds is 2. The summed E-state index contributed by atoms with van der Waals surface area (Å²) in [4.78, 5) is 18.4. The summed E-state index contributed by atoms with van der Waals surface area (Å²) in [7, 11) is 0. The number of carbonyl (C=O) groups excluding carboxylic acids is 1. The van der Waals surface area contributed by atoms with Crippen LogP contribution in [-0.4, -0.2) is 41.5 Å². The molecule has 7 nitrogen and oxygen atoms in total. The van der Waals surface area contributed by atoms with Gasteiger partial charge in [0.15, 0.2) is 16.7 Å². The Kier molecular flexibility index (Phi) is 4.14. The van der Waals surface area contributed by atoms with Gasteiger partial charge in [0.2, 0.25) is 0 Å². The van der Waals surface area contributed by atoms with Gasteiger partial charge in [-0.3, -0.25) is 4.79 Å². The van der Waals surface area contributed by atoms with Crippen LogP contribution in [0.25, 0.3) is 10.8 Å². The van der Waals surface area contributed by atoms with Crippen LogP contribution in [-0.2, 0) is 13.1 Å². The number of halogens is 3. The van der Waals surface area contributed by atoms with Gasteiger partial charge in [0.05, 0.1) is 22.2 Å². The molecule has 0 atom stereocenters. The third-order valence-electron chi connectivity index (χ3n) is 3.86. The molecule has 1 amide bonds. The maximum atomic E-state index is 13.4. The Morgan fingerprint density at radius 1 is 1.20 bits per heavy atom. The van der Waals surface area contributed by atoms with E-state index in [9.17, 15) is 9.18 Å². The standard InChI is InChI=1S/C14H9Cl2FN6OS/c15-10-7(1-2-8(17)11(10)16)14(24)22-3-4-23-9(5-22)20-21-12(23)13-18-6-19-25-13/h1-2,6H,3-5H2. The first-order chi connectivity index (χ1) is 12.1. The van der Waals surface area contributed by atoms with Crippen LogP contribution in [0.5, 0.6) is 0 Å². The predicted molar refractivity (Wildman–Crippen MR) is 90.1 cm³/mol. The van der Waals surface area contributed by atoms with E-state index in [1.165, 1.54) is 23.9 Å². The highest BCUT2D eigenvalue weighted by molar-refractivity contribution is 7.08. The normalized spacial score (nSPS) is 13.8. The first-order valence-electron chi connectivity index (χ1n) is 7.18. The zero-order valence-corrected chi connectivity index (χ0v) is 14.8. The molecule has 0 bridgehead atoms. The average molecular weight is 399 g/mol. The van der Waals surface area contributed by atoms with E-state index in [-0.39, 0.29) is 28.1 Å². The van der Waals surface area contributed by atoms with Crippen molar-refractivity contribution in [2.75, 3.05) is 6.54 Å². The van der Waals surface area contributed by atoms with Gasteiger partial charge in [0, 0.05) is 13.1 Å². The highest BCUT2D eigenvalue weighted by Gasteiger charge is 2.28. The number of carbonyl (C=O) groups is 1. The minimum atomic E-state index is -0.664. The summed E-state index contributed by atoms with van der Waals surface area (Å²) in [5.74, 6) is 0.267. The van der Waals surface area contributed by atoms with Crippen LogP contribution < -0.4 is 0 Å². The quantitative estimate of drug-likeness (QED) is 0.620. The largest absolute Gasteiger partial charge is 0.329 e. The van der Waals surface area contributed by atoms with Crippen molar-refractivity contribution in [2.24, 2.45) is 0 Å². The molecular formula is C14H9Cl2FN6OS. The SMILES string of the molecule is O=C(c1ccc(F)c(Cl)c1Cl)N1CCn2c(nnc2-c2ncns2)C1. The van der Waals surface area contributed by atoms with Gasteiger partial charge >= 0.3 is 0 Å². The summed E-state index contributed by atoms with van der Waals surface area (Å²) in [6.07, 6.45) is 1.46. The lowest BCUT2D eigenvalue weighted by Crippen LogP contribution is -2.38. The van der Waals surface area contributed by atoms with Crippen molar-refractivity contribution in [1.82, 2.24) is 29.0 Å². The molecule has 3 aromatic rings. The van der Waals surface area contributed by atoms with Crippen LogP contribution in [0.1, 0.15) is 16.2 Å². The van der Waals surface area contributed by atoms with Gasteiger partial charge in [-0.05, 0) is 23.7 Å². The van der Waals surface area contributed by atoms with Crippen LogP contribution in [0.3, 0.4) is 0 Å². The van der Waals surface area contributed by atoms with Crippen molar-refractivity contribution in [1.29, 1.82) is 0 Å². The maximum absolute atomic E-state index is 13.4. The molecule has 128 valence electrons. The van der Waals surface area contributed by atoms with Crippen LogP contribution in [0, 0.1) is 5.82 Å². The number of amides is 1. The van der Waals surface area contributed by atoms with E-state index in [0.29, 0.717) is 29.7 Å². The second-order valence-corrected chi connectivity index (χ2v) is 6.82. The van der Waals surface area contributed by atoms with Gasteiger partial charge in [-0.15, -0.1) is 10.2 Å². The van der Waals surface area contributed by atoms with Gasteiger partial charge in [-0.1, -0.05) is 23.2 Å². The fourth-order valence-electron chi connectivity index (χ4n) is 2.62. The van der Waals surface area contributed by atoms with Gasteiger partial charge in [-0.2, -0.15) is 4.37 Å². The van der Waals surface area contributed by atoms with Crippen LogP contribution >= 0.6 is 34.7 Å². The first-order valence-corrected chi connectivity index (χ1v) is 8.71. The summed E-state index contributed by atoms with van der Waals surface area (Å²) in [5, 5.41) is 8.59. The molecule has 0 radical (unpaired) electrons. The summed E-state index contributed by atoms with van der Waals surface area (Å²) >= 11 is 13.0. The minimum absolute atomic E-state index is 0.0896. The molecule has 0 aliphatic carbocycles. The third kappa shape index (κ3) is 2.78. The molecule has 1 aliphatic heterocycles. The number of hydrogen-bond donors (Lipinski definition) is 0. The Bertz CT molecular complexity index is 961. The molecule has 11 heteroatoms. The zero-order valence-electron chi connectivity index (χ0n) is 12.5. The second kappa shape index (κ2) is 6.32. The number of aromatic nitrogens is 5. The van der Waals surface area contributed by atoms with Gasteiger partial charge in [-0.25, -0.2) is 9.37 Å². The van der Waals surface area contributed by atoms with Crippen molar-refractivity contribution in [3.63, 3.8) is 0 Å². The van der Waals surface area contributed by atoms with E-state index in [2.05, 4.69) is 19.6 Å². The minimum Gasteiger partial charge on any atom is -0.329 e. The highest BCUT2D eigenvalue weighted by atomic mass is 35.5. The van der Waals surface area contributed by atoms with Crippen molar-refractivity contribution in [3.05, 3.63) is 45.7 Å². The zero-order chi connectivity index (χ0) is 17.6. The second-order valence-electron chi connectivity index (χ2n) is 5.29. The third-order valence-corrected chi connectivity index (χ3v) is 5.38. The Labute approximate surface area is 155 Å². The first kappa shape index (κ1) is 16.4. The van der Waals surface area contributed by atoms with Gasteiger partial charge in [0.25, 0.3) is 5.91 Å². The lowest BCUT2D eigenvalue weighted by Gasteiger charge is -2.28. The molecular weight excluding hydrogens is 390 g/mol. The Hall–Kier alpha value is -2.10. The molecule has 4 rings (SSSR count).